The fourth-order valence-electron chi connectivity index (χ4n) is 4.39. The van der Waals surface area contributed by atoms with Gasteiger partial charge in [-0.1, -0.05) is 17.3 Å². The molecule has 0 saturated carbocycles. The van der Waals surface area contributed by atoms with Gasteiger partial charge in [0.05, 0.1) is 25.3 Å². The Balaban J connectivity index is 1.26. The maximum absolute atomic E-state index is 5.55. The van der Waals surface area contributed by atoms with Gasteiger partial charge in [-0.25, -0.2) is 0 Å². The topological polar surface area (TPSA) is 57.0 Å². The molecule has 150 valence electrons. The highest BCUT2D eigenvalue weighted by molar-refractivity contribution is 5.89. The van der Waals surface area contributed by atoms with Gasteiger partial charge in [0.25, 0.3) is 0 Å². The largest absolute Gasteiger partial charge is 0.381 e. The summed E-state index contributed by atoms with van der Waals surface area (Å²) >= 11 is 0. The zero-order chi connectivity index (χ0) is 18.9. The van der Waals surface area contributed by atoms with Gasteiger partial charge in [-0.3, -0.25) is 15.1 Å². The highest BCUT2D eigenvalue weighted by atomic mass is 16.5. The van der Waals surface area contributed by atoms with E-state index >= 15 is 0 Å². The number of fused-ring (bicyclic) bond motifs is 1. The number of nitrogens with one attached hydrogen (secondary N) is 1. The van der Waals surface area contributed by atoms with Gasteiger partial charge in [0.2, 0.25) is 0 Å². The molecular weight excluding hydrogens is 354 g/mol. The van der Waals surface area contributed by atoms with Crippen molar-refractivity contribution in [3.05, 3.63) is 36.0 Å². The first kappa shape index (κ1) is 18.1. The summed E-state index contributed by atoms with van der Waals surface area (Å²) in [6.45, 7) is 11.4. The van der Waals surface area contributed by atoms with Gasteiger partial charge in [0.15, 0.2) is 11.4 Å². The zero-order valence-corrected chi connectivity index (χ0v) is 16.5. The third-order valence-electron chi connectivity index (χ3n) is 6.07. The number of piperazine rings is 1. The Morgan fingerprint density at radius 2 is 2.18 bits per heavy atom. The molecule has 1 N–H and O–H groups in total. The molecule has 7 heteroatoms. The van der Waals surface area contributed by atoms with Crippen molar-refractivity contribution in [3.8, 4) is 0 Å². The predicted molar refractivity (Wildman–Crippen MR) is 109 cm³/mol. The summed E-state index contributed by atoms with van der Waals surface area (Å²) in [5, 5.41) is 8.72. The summed E-state index contributed by atoms with van der Waals surface area (Å²) in [6.07, 6.45) is 4.18. The molecule has 3 aliphatic heterocycles. The molecule has 1 atom stereocenters. The summed E-state index contributed by atoms with van der Waals surface area (Å²) in [6, 6.07) is 7.06. The van der Waals surface area contributed by atoms with Gasteiger partial charge in [0, 0.05) is 57.4 Å². The van der Waals surface area contributed by atoms with E-state index in [0.29, 0.717) is 6.04 Å². The summed E-state index contributed by atoms with van der Waals surface area (Å²) in [5.41, 5.74) is 2.16. The molecule has 1 aromatic heterocycles. The monoisotopic (exact) mass is 383 g/mol. The minimum Gasteiger partial charge on any atom is -0.381 e. The molecule has 3 aliphatic rings. The van der Waals surface area contributed by atoms with E-state index in [9.17, 15) is 0 Å². The number of aromatic nitrogens is 1. The van der Waals surface area contributed by atoms with Crippen molar-refractivity contribution < 1.29 is 9.26 Å². The second-order valence-electron chi connectivity index (χ2n) is 8.29. The Morgan fingerprint density at radius 3 is 2.93 bits per heavy atom. The summed E-state index contributed by atoms with van der Waals surface area (Å²) in [7, 11) is 0. The molecule has 0 spiro atoms. The second kappa shape index (κ2) is 7.83. The van der Waals surface area contributed by atoms with Gasteiger partial charge >= 0.3 is 0 Å². The zero-order valence-electron chi connectivity index (χ0n) is 16.5. The smallest absolute Gasteiger partial charge is 0.185 e. The molecule has 0 aliphatic carbocycles. The Labute approximate surface area is 165 Å². The number of ether oxygens (including phenoxy) is 1. The number of hydrogen-bond donors (Lipinski definition) is 1. The quantitative estimate of drug-likeness (QED) is 0.846. The first-order valence-corrected chi connectivity index (χ1v) is 10.3. The predicted octanol–water partition coefficient (Wildman–Crippen LogP) is 1.86. The van der Waals surface area contributed by atoms with Crippen LogP contribution in [0.25, 0.3) is 11.0 Å². The number of nitrogens with zero attached hydrogens (tertiary/aromatic N) is 4. The van der Waals surface area contributed by atoms with Crippen LogP contribution in [0, 0.1) is 5.92 Å². The van der Waals surface area contributed by atoms with Crippen LogP contribution in [0.3, 0.4) is 0 Å². The molecule has 0 unspecified atom stereocenters. The lowest BCUT2D eigenvalue weighted by Gasteiger charge is -2.42. The fraction of sp³-hybridized carbons (Fsp3) is 0.571. The van der Waals surface area contributed by atoms with Crippen LogP contribution in [0.2, 0.25) is 0 Å². The first-order valence-electron chi connectivity index (χ1n) is 10.3. The lowest BCUT2D eigenvalue weighted by Crippen LogP contribution is -2.54. The van der Waals surface area contributed by atoms with E-state index in [2.05, 4.69) is 62.6 Å². The van der Waals surface area contributed by atoms with E-state index in [-0.39, 0.29) is 0 Å². The lowest BCUT2D eigenvalue weighted by molar-refractivity contribution is -0.0587. The Hall–Kier alpha value is -1.93. The standard InChI is InChI=1S/C21H29N5O2/c1-16-10-24(7-8-25(16)12-18-13-27-14-18)11-17-3-4-20-19(9-17)21(23-28-20)26-6-2-5-22-15-26/h2-4,6,9,16,18,22H,5,7-8,10-15H2,1H3/t16-/m0/s1. The molecule has 2 aromatic rings. The first-order chi connectivity index (χ1) is 13.8. The van der Waals surface area contributed by atoms with Crippen LogP contribution in [0.4, 0.5) is 5.82 Å². The number of benzene rings is 1. The molecule has 2 fully saturated rings. The third-order valence-corrected chi connectivity index (χ3v) is 6.07. The molecule has 28 heavy (non-hydrogen) atoms. The number of rotatable bonds is 5. The number of anilines is 1. The van der Waals surface area contributed by atoms with E-state index in [1.807, 2.05) is 0 Å². The lowest BCUT2D eigenvalue weighted by atomic mass is 10.0. The molecule has 7 nitrogen and oxygen atoms in total. The molecule has 0 amide bonds. The van der Waals surface area contributed by atoms with Crippen LogP contribution >= 0.6 is 0 Å². The van der Waals surface area contributed by atoms with Crippen LogP contribution in [0.1, 0.15) is 12.5 Å². The van der Waals surface area contributed by atoms with E-state index in [1.54, 1.807) is 0 Å². The van der Waals surface area contributed by atoms with Gasteiger partial charge in [-0.05, 0) is 24.6 Å². The average molecular weight is 383 g/mol. The molecule has 0 bridgehead atoms. The van der Waals surface area contributed by atoms with Crippen LogP contribution < -0.4 is 10.2 Å². The van der Waals surface area contributed by atoms with Crippen molar-refractivity contribution in [2.24, 2.45) is 5.92 Å². The molecule has 2 saturated heterocycles. The van der Waals surface area contributed by atoms with E-state index < -0.39 is 0 Å². The average Bonchev–Trinajstić information content (AvgIpc) is 3.10. The van der Waals surface area contributed by atoms with Crippen molar-refractivity contribution in [2.45, 2.75) is 19.5 Å². The van der Waals surface area contributed by atoms with Crippen LogP contribution in [-0.4, -0.2) is 73.6 Å². The maximum Gasteiger partial charge on any atom is 0.185 e. The van der Waals surface area contributed by atoms with Crippen molar-refractivity contribution in [3.63, 3.8) is 0 Å². The second-order valence-corrected chi connectivity index (χ2v) is 8.29. The van der Waals surface area contributed by atoms with E-state index in [0.717, 1.165) is 75.3 Å². The SMILES string of the molecule is C[C@H]1CN(Cc2ccc3onc(N4C=CCNC4)c3c2)CCN1CC1COC1. The van der Waals surface area contributed by atoms with Gasteiger partial charge in [-0.15, -0.1) is 0 Å². The summed E-state index contributed by atoms with van der Waals surface area (Å²) in [4.78, 5) is 7.29. The summed E-state index contributed by atoms with van der Waals surface area (Å²) < 4.78 is 10.9. The Morgan fingerprint density at radius 1 is 1.25 bits per heavy atom. The third kappa shape index (κ3) is 3.67. The van der Waals surface area contributed by atoms with Crippen molar-refractivity contribution in [1.82, 2.24) is 20.3 Å². The van der Waals surface area contributed by atoms with Crippen molar-refractivity contribution in [2.75, 3.05) is 57.5 Å². The normalized spacial score (nSPS) is 24.8. The molecule has 5 rings (SSSR count). The fourth-order valence-corrected chi connectivity index (χ4v) is 4.39. The van der Waals surface area contributed by atoms with Crippen LogP contribution in [-0.2, 0) is 11.3 Å². The van der Waals surface area contributed by atoms with Crippen molar-refractivity contribution >= 4 is 16.8 Å². The molecular formula is C21H29N5O2. The van der Waals surface area contributed by atoms with E-state index in [1.165, 1.54) is 12.1 Å². The highest BCUT2D eigenvalue weighted by Gasteiger charge is 2.28. The van der Waals surface area contributed by atoms with Crippen molar-refractivity contribution in [1.29, 1.82) is 0 Å². The highest BCUT2D eigenvalue weighted by Crippen LogP contribution is 2.28. The van der Waals surface area contributed by atoms with Gasteiger partial charge < -0.3 is 14.2 Å². The Kier molecular flexibility index (Phi) is 5.07. The van der Waals surface area contributed by atoms with E-state index in [4.69, 9.17) is 9.26 Å². The Bertz CT molecular complexity index is 846. The summed E-state index contributed by atoms with van der Waals surface area (Å²) in [5.74, 6) is 1.63. The van der Waals surface area contributed by atoms with Crippen LogP contribution in [0.15, 0.2) is 35.0 Å². The van der Waals surface area contributed by atoms with Gasteiger partial charge in [0.1, 0.15) is 0 Å². The van der Waals surface area contributed by atoms with Gasteiger partial charge in [-0.2, -0.15) is 0 Å². The molecule has 1 aromatic carbocycles. The number of hydrogen-bond acceptors (Lipinski definition) is 7. The molecule has 0 radical (unpaired) electrons. The molecule has 4 heterocycles. The minimum absolute atomic E-state index is 0.591. The maximum atomic E-state index is 5.55. The van der Waals surface area contributed by atoms with Crippen LogP contribution in [0.5, 0.6) is 0 Å². The minimum atomic E-state index is 0.591.